The first-order valence-corrected chi connectivity index (χ1v) is 15.2. The summed E-state index contributed by atoms with van der Waals surface area (Å²) in [5.74, 6) is 0.381. The molecule has 1 N–H and O–H groups in total. The van der Waals surface area contributed by atoms with Crippen molar-refractivity contribution in [2.24, 2.45) is 10.8 Å². The van der Waals surface area contributed by atoms with Crippen LogP contribution in [0.4, 0.5) is 0 Å². The van der Waals surface area contributed by atoms with Crippen molar-refractivity contribution < 1.29 is 14.3 Å². The molecule has 0 fully saturated rings. The topological polar surface area (TPSA) is 47.6 Å². The van der Waals surface area contributed by atoms with Crippen LogP contribution in [0.2, 0.25) is 0 Å². The minimum absolute atomic E-state index is 0.0848. The van der Waals surface area contributed by atoms with Crippen LogP contribution in [-0.4, -0.2) is 43.7 Å². The maximum absolute atomic E-state index is 13.1. The third-order valence-corrected chi connectivity index (χ3v) is 8.26. The summed E-state index contributed by atoms with van der Waals surface area (Å²) in [6.07, 6.45) is 16.9. The third kappa shape index (κ3) is 16.0. The van der Waals surface area contributed by atoms with Crippen LogP contribution in [0.25, 0.3) is 0 Å². The van der Waals surface area contributed by atoms with Crippen molar-refractivity contribution in [3.63, 3.8) is 0 Å². The van der Waals surface area contributed by atoms with Gasteiger partial charge in [0.1, 0.15) is 5.78 Å². The Balaban J connectivity index is 4.14. The average Bonchev–Trinajstić information content (AvgIpc) is 2.86. The van der Waals surface area contributed by atoms with E-state index in [1.165, 1.54) is 51.4 Å². The molecule has 0 rings (SSSR count). The van der Waals surface area contributed by atoms with Crippen molar-refractivity contribution >= 4 is 23.0 Å². The quantitative estimate of drug-likeness (QED) is 0.0980. The molecule has 4 nitrogen and oxygen atoms in total. The molecule has 0 heterocycles. The van der Waals surface area contributed by atoms with Gasteiger partial charge in [0.25, 0.3) is 0 Å². The van der Waals surface area contributed by atoms with Crippen LogP contribution in [0.15, 0.2) is 0 Å². The lowest BCUT2D eigenvalue weighted by Gasteiger charge is -2.30. The van der Waals surface area contributed by atoms with Crippen molar-refractivity contribution in [2.45, 2.75) is 138 Å². The van der Waals surface area contributed by atoms with E-state index in [2.05, 4.69) is 46.9 Å². The Morgan fingerprint density at radius 3 is 1.71 bits per heavy atom. The number of thiocarbonyl (C=S) groups is 1. The Bertz CT molecular complexity index is 528. The molecule has 0 aromatic heterocycles. The van der Waals surface area contributed by atoms with Crippen LogP contribution < -0.4 is 5.32 Å². The highest BCUT2D eigenvalue weighted by molar-refractivity contribution is 7.80. The van der Waals surface area contributed by atoms with E-state index in [1.807, 2.05) is 0 Å². The molecular weight excluding hydrogens is 454 g/mol. The van der Waals surface area contributed by atoms with Gasteiger partial charge in [0.15, 0.2) is 0 Å². The molecule has 208 valence electrons. The van der Waals surface area contributed by atoms with E-state index < -0.39 is 0 Å². The molecule has 0 spiro atoms. The molecule has 0 saturated carbocycles. The summed E-state index contributed by atoms with van der Waals surface area (Å²) < 4.78 is 11.4. The Hall–Kier alpha value is -0.520. The van der Waals surface area contributed by atoms with Gasteiger partial charge < -0.3 is 14.8 Å². The van der Waals surface area contributed by atoms with Gasteiger partial charge in [-0.05, 0) is 25.7 Å². The molecule has 5 heteroatoms. The van der Waals surface area contributed by atoms with Crippen LogP contribution in [0.1, 0.15) is 138 Å². The van der Waals surface area contributed by atoms with Crippen LogP contribution in [0, 0.1) is 10.8 Å². The molecule has 0 aromatic rings. The first-order chi connectivity index (χ1) is 16.8. The molecule has 0 bridgehead atoms. The third-order valence-electron chi connectivity index (χ3n) is 7.63. The molecule has 0 aliphatic carbocycles. The first kappa shape index (κ1) is 34.5. The predicted molar refractivity (Wildman–Crippen MR) is 155 cm³/mol. The van der Waals surface area contributed by atoms with E-state index in [4.69, 9.17) is 21.7 Å². The summed E-state index contributed by atoms with van der Waals surface area (Å²) in [6, 6.07) is 0. The number of unbranched alkanes of at least 4 members (excludes halogenated alkanes) is 7. The Kier molecular flexibility index (Phi) is 21.2. The van der Waals surface area contributed by atoms with Crippen molar-refractivity contribution in [2.75, 3.05) is 33.0 Å². The fourth-order valence-corrected chi connectivity index (χ4v) is 4.89. The van der Waals surface area contributed by atoms with Gasteiger partial charge in [-0.2, -0.15) is 0 Å². The smallest absolute Gasteiger partial charge is 0.141 e. The molecular formula is C30H59NO3S. The molecule has 1 unspecified atom stereocenters. The zero-order chi connectivity index (χ0) is 26.4. The molecule has 1 atom stereocenters. The second kappa shape index (κ2) is 21.6. The second-order valence-corrected chi connectivity index (χ2v) is 11.3. The lowest BCUT2D eigenvalue weighted by Crippen LogP contribution is -2.38. The van der Waals surface area contributed by atoms with Gasteiger partial charge in [-0.3, -0.25) is 4.79 Å². The number of ketones is 1. The standard InChI is InChI=1S/C30H59NO3S/c1-7-11-14-16-20-30(6,21-17-15-12-8-2)27(32)18-23-33-25-26-34-24-22-31-28(35)29(5,10-4)19-13-9-3/h7-26H2,1-6H3,(H,31,35). The lowest BCUT2D eigenvalue weighted by atomic mass is 9.75. The first-order valence-electron chi connectivity index (χ1n) is 14.8. The number of nitrogens with one attached hydrogen (secondary N) is 1. The Morgan fingerprint density at radius 2 is 1.20 bits per heavy atom. The molecule has 0 aromatic carbocycles. The fourth-order valence-electron chi connectivity index (χ4n) is 4.54. The summed E-state index contributed by atoms with van der Waals surface area (Å²) in [4.78, 5) is 14.0. The van der Waals surface area contributed by atoms with Crippen molar-refractivity contribution in [3.05, 3.63) is 0 Å². The molecule has 0 aliphatic heterocycles. The predicted octanol–water partition coefficient (Wildman–Crippen LogP) is 8.45. The highest BCUT2D eigenvalue weighted by Crippen LogP contribution is 2.33. The zero-order valence-corrected chi connectivity index (χ0v) is 25.1. The summed E-state index contributed by atoms with van der Waals surface area (Å²) in [5.41, 5.74) is -0.100. The number of Topliss-reactive ketones (excluding diaryl/α,β-unsaturated/α-hetero) is 1. The number of rotatable bonds is 25. The number of hydrogen-bond acceptors (Lipinski definition) is 4. The highest BCUT2D eigenvalue weighted by atomic mass is 32.1. The van der Waals surface area contributed by atoms with Crippen LogP contribution >= 0.6 is 12.2 Å². The molecule has 0 radical (unpaired) electrons. The number of ether oxygens (including phenoxy) is 2. The number of hydrogen-bond donors (Lipinski definition) is 1. The van der Waals surface area contributed by atoms with Crippen molar-refractivity contribution in [1.82, 2.24) is 5.32 Å². The lowest BCUT2D eigenvalue weighted by molar-refractivity contribution is -0.130. The maximum atomic E-state index is 13.1. The van der Waals surface area contributed by atoms with E-state index in [0.717, 1.165) is 50.1 Å². The van der Waals surface area contributed by atoms with Gasteiger partial charge in [0, 0.05) is 23.8 Å². The molecule has 0 aliphatic rings. The number of carbonyl (C=O) groups is 1. The van der Waals surface area contributed by atoms with Gasteiger partial charge in [-0.1, -0.05) is 118 Å². The molecule has 35 heavy (non-hydrogen) atoms. The normalized spacial score (nSPS) is 13.5. The minimum atomic E-state index is -0.185. The van der Waals surface area contributed by atoms with E-state index in [-0.39, 0.29) is 10.8 Å². The monoisotopic (exact) mass is 513 g/mol. The highest BCUT2D eigenvalue weighted by Gasteiger charge is 2.31. The van der Waals surface area contributed by atoms with E-state index >= 15 is 0 Å². The Labute approximate surface area is 224 Å². The summed E-state index contributed by atoms with van der Waals surface area (Å²) in [5, 5.41) is 3.39. The summed E-state index contributed by atoms with van der Waals surface area (Å²) >= 11 is 5.65. The van der Waals surface area contributed by atoms with Crippen LogP contribution in [0.3, 0.4) is 0 Å². The minimum Gasteiger partial charge on any atom is -0.379 e. The summed E-state index contributed by atoms with van der Waals surface area (Å²) in [6.45, 7) is 16.3. The second-order valence-electron chi connectivity index (χ2n) is 10.9. The van der Waals surface area contributed by atoms with E-state index in [0.29, 0.717) is 38.6 Å². The van der Waals surface area contributed by atoms with Gasteiger partial charge in [0.05, 0.1) is 31.4 Å². The van der Waals surface area contributed by atoms with Crippen LogP contribution in [0.5, 0.6) is 0 Å². The summed E-state index contributed by atoms with van der Waals surface area (Å²) in [7, 11) is 0. The fraction of sp³-hybridized carbons (Fsp3) is 0.933. The Morgan fingerprint density at radius 1 is 0.686 bits per heavy atom. The van der Waals surface area contributed by atoms with Crippen molar-refractivity contribution in [1.29, 1.82) is 0 Å². The van der Waals surface area contributed by atoms with Gasteiger partial charge >= 0.3 is 0 Å². The van der Waals surface area contributed by atoms with Gasteiger partial charge in [-0.15, -0.1) is 0 Å². The van der Waals surface area contributed by atoms with E-state index in [9.17, 15) is 4.79 Å². The van der Waals surface area contributed by atoms with Gasteiger partial charge in [0.2, 0.25) is 0 Å². The molecule has 0 amide bonds. The average molecular weight is 514 g/mol. The molecule has 0 saturated heterocycles. The largest absolute Gasteiger partial charge is 0.379 e. The van der Waals surface area contributed by atoms with Crippen molar-refractivity contribution in [3.8, 4) is 0 Å². The van der Waals surface area contributed by atoms with Crippen LogP contribution in [-0.2, 0) is 14.3 Å². The number of carbonyl (C=O) groups excluding carboxylic acids is 1. The SMILES string of the molecule is CCCCCCC(C)(CCCCCC)C(=O)CCOCCOCCNC(=S)C(C)(CC)CCCC. The van der Waals surface area contributed by atoms with E-state index in [1.54, 1.807) is 0 Å². The van der Waals surface area contributed by atoms with Gasteiger partial charge in [-0.25, -0.2) is 0 Å². The maximum Gasteiger partial charge on any atom is 0.141 e. The zero-order valence-electron chi connectivity index (χ0n) is 24.3.